The average Bonchev–Trinajstić information content (AvgIpc) is 2.68. The van der Waals surface area contributed by atoms with Crippen molar-refractivity contribution in [1.82, 2.24) is 9.80 Å². The highest BCUT2D eigenvalue weighted by Crippen LogP contribution is 2.22. The Balaban J connectivity index is 1.17. The van der Waals surface area contributed by atoms with Crippen molar-refractivity contribution < 1.29 is 9.47 Å². The lowest BCUT2D eigenvalue weighted by molar-refractivity contribution is -0.0732. The van der Waals surface area contributed by atoms with Crippen LogP contribution in [0, 0.1) is 5.92 Å². The fourth-order valence-electron chi connectivity index (χ4n) is 4.74. The van der Waals surface area contributed by atoms with Gasteiger partial charge in [0, 0.05) is 26.2 Å². The zero-order valence-electron chi connectivity index (χ0n) is 17.3. The summed E-state index contributed by atoms with van der Waals surface area (Å²) >= 11 is 0. The van der Waals surface area contributed by atoms with E-state index >= 15 is 0 Å². The Morgan fingerprint density at radius 2 is 1.64 bits per heavy atom. The minimum Gasteiger partial charge on any atom is -0.492 e. The standard InChI is InChI=1S/C24H34N2O2/c1-19-16-26(17-20(2)28-19)18-21-9-11-25(12-10-21)13-14-27-24-8-7-22-5-3-4-6-23(22)15-24/h3-8,15,19-21H,9-14,16-18H2,1-2H3. The van der Waals surface area contributed by atoms with Crippen LogP contribution in [0.3, 0.4) is 0 Å². The van der Waals surface area contributed by atoms with Crippen molar-refractivity contribution in [2.24, 2.45) is 5.92 Å². The molecule has 152 valence electrons. The van der Waals surface area contributed by atoms with Crippen LogP contribution in [0.25, 0.3) is 10.8 Å². The van der Waals surface area contributed by atoms with E-state index in [0.717, 1.165) is 37.9 Å². The van der Waals surface area contributed by atoms with Gasteiger partial charge in [-0.25, -0.2) is 0 Å². The quantitative estimate of drug-likeness (QED) is 0.753. The van der Waals surface area contributed by atoms with Crippen LogP contribution >= 0.6 is 0 Å². The number of hydrogen-bond acceptors (Lipinski definition) is 4. The van der Waals surface area contributed by atoms with Crippen LogP contribution in [0.2, 0.25) is 0 Å². The van der Waals surface area contributed by atoms with Gasteiger partial charge < -0.3 is 9.47 Å². The fourth-order valence-corrected chi connectivity index (χ4v) is 4.74. The molecule has 0 bridgehead atoms. The molecule has 2 heterocycles. The number of hydrogen-bond donors (Lipinski definition) is 0. The molecule has 2 aromatic rings. The SMILES string of the molecule is CC1CN(CC2CCN(CCOc3ccc4ccccc4c3)CC2)CC(C)O1. The third-order valence-corrected chi connectivity index (χ3v) is 6.12. The zero-order chi connectivity index (χ0) is 19.3. The van der Waals surface area contributed by atoms with Crippen LogP contribution in [0.15, 0.2) is 42.5 Å². The number of morpholine rings is 1. The van der Waals surface area contributed by atoms with Crippen LogP contribution in [0.5, 0.6) is 5.75 Å². The molecule has 0 amide bonds. The van der Waals surface area contributed by atoms with E-state index in [-0.39, 0.29) is 0 Å². The van der Waals surface area contributed by atoms with Crippen molar-refractivity contribution >= 4 is 10.8 Å². The van der Waals surface area contributed by atoms with Crippen molar-refractivity contribution in [3.8, 4) is 5.75 Å². The molecule has 0 spiro atoms. The summed E-state index contributed by atoms with van der Waals surface area (Å²) < 4.78 is 11.9. The Labute approximate surface area is 169 Å². The van der Waals surface area contributed by atoms with Crippen LogP contribution in [0.1, 0.15) is 26.7 Å². The highest BCUT2D eigenvalue weighted by Gasteiger charge is 2.26. The lowest BCUT2D eigenvalue weighted by Crippen LogP contribution is -2.48. The molecule has 2 aliphatic rings. The fraction of sp³-hybridized carbons (Fsp3) is 0.583. The van der Waals surface area contributed by atoms with Gasteiger partial charge >= 0.3 is 0 Å². The summed E-state index contributed by atoms with van der Waals surface area (Å²) in [6.45, 7) is 12.0. The number of benzene rings is 2. The second-order valence-electron chi connectivity index (χ2n) is 8.62. The molecule has 2 aliphatic heterocycles. The molecule has 2 fully saturated rings. The van der Waals surface area contributed by atoms with E-state index in [0.29, 0.717) is 12.2 Å². The first-order valence-electron chi connectivity index (χ1n) is 10.9. The lowest BCUT2D eigenvalue weighted by Gasteiger charge is -2.39. The van der Waals surface area contributed by atoms with Gasteiger partial charge in [-0.3, -0.25) is 9.80 Å². The van der Waals surface area contributed by atoms with E-state index < -0.39 is 0 Å². The first kappa shape index (κ1) is 19.7. The minimum absolute atomic E-state index is 0.371. The molecule has 4 heteroatoms. The van der Waals surface area contributed by atoms with Crippen molar-refractivity contribution in [3.05, 3.63) is 42.5 Å². The molecule has 2 unspecified atom stereocenters. The maximum atomic E-state index is 6.02. The monoisotopic (exact) mass is 382 g/mol. The van der Waals surface area contributed by atoms with E-state index in [1.807, 2.05) is 0 Å². The number of rotatable bonds is 6. The molecule has 2 atom stereocenters. The molecule has 4 rings (SSSR count). The summed E-state index contributed by atoms with van der Waals surface area (Å²) in [5.74, 6) is 1.80. The van der Waals surface area contributed by atoms with Gasteiger partial charge in [-0.05, 0) is 68.6 Å². The normalized spacial score (nSPS) is 25.2. The summed E-state index contributed by atoms with van der Waals surface area (Å²) in [5.41, 5.74) is 0. The van der Waals surface area contributed by atoms with Gasteiger partial charge in [0.15, 0.2) is 0 Å². The van der Waals surface area contributed by atoms with Gasteiger partial charge in [0.25, 0.3) is 0 Å². The Bertz CT molecular complexity index is 747. The molecule has 0 aromatic heterocycles. The van der Waals surface area contributed by atoms with Gasteiger partial charge in [-0.15, -0.1) is 0 Å². The summed E-state index contributed by atoms with van der Waals surface area (Å²) in [4.78, 5) is 5.17. The van der Waals surface area contributed by atoms with Crippen molar-refractivity contribution in [2.45, 2.75) is 38.9 Å². The average molecular weight is 383 g/mol. The largest absolute Gasteiger partial charge is 0.492 e. The minimum atomic E-state index is 0.371. The predicted octanol–water partition coefficient (Wildman–Crippen LogP) is 4.04. The van der Waals surface area contributed by atoms with Crippen molar-refractivity contribution in [1.29, 1.82) is 0 Å². The van der Waals surface area contributed by atoms with E-state index in [1.54, 1.807) is 0 Å². The molecule has 0 aliphatic carbocycles. The van der Waals surface area contributed by atoms with Crippen molar-refractivity contribution in [3.63, 3.8) is 0 Å². The van der Waals surface area contributed by atoms with Crippen molar-refractivity contribution in [2.75, 3.05) is 45.9 Å². The molecule has 2 saturated heterocycles. The Hall–Kier alpha value is -1.62. The van der Waals surface area contributed by atoms with E-state index in [9.17, 15) is 0 Å². The third kappa shape index (κ3) is 5.25. The number of likely N-dealkylation sites (tertiary alicyclic amines) is 1. The Kier molecular flexibility index (Phi) is 6.50. The predicted molar refractivity (Wildman–Crippen MR) is 115 cm³/mol. The molecule has 4 nitrogen and oxygen atoms in total. The maximum absolute atomic E-state index is 6.02. The number of nitrogens with zero attached hydrogens (tertiary/aromatic N) is 2. The highest BCUT2D eigenvalue weighted by molar-refractivity contribution is 5.83. The van der Waals surface area contributed by atoms with E-state index in [4.69, 9.17) is 9.47 Å². The molecule has 0 saturated carbocycles. The van der Waals surface area contributed by atoms with Crippen LogP contribution < -0.4 is 4.74 Å². The molecule has 2 aromatic carbocycles. The third-order valence-electron chi connectivity index (χ3n) is 6.12. The molecule has 0 N–H and O–H groups in total. The number of fused-ring (bicyclic) bond motifs is 1. The van der Waals surface area contributed by atoms with E-state index in [2.05, 4.69) is 66.1 Å². The highest BCUT2D eigenvalue weighted by atomic mass is 16.5. The summed E-state index contributed by atoms with van der Waals surface area (Å²) in [7, 11) is 0. The summed E-state index contributed by atoms with van der Waals surface area (Å²) in [6, 6.07) is 14.8. The maximum Gasteiger partial charge on any atom is 0.120 e. The molecule has 0 radical (unpaired) electrons. The Morgan fingerprint density at radius 3 is 2.39 bits per heavy atom. The second kappa shape index (κ2) is 9.25. The summed E-state index contributed by atoms with van der Waals surface area (Å²) in [6.07, 6.45) is 3.35. The first-order valence-corrected chi connectivity index (χ1v) is 10.9. The number of ether oxygens (including phenoxy) is 2. The van der Waals surface area contributed by atoms with Crippen LogP contribution in [-0.4, -0.2) is 67.9 Å². The lowest BCUT2D eigenvalue weighted by atomic mass is 9.95. The molecular weight excluding hydrogens is 348 g/mol. The zero-order valence-corrected chi connectivity index (χ0v) is 17.3. The molecule has 28 heavy (non-hydrogen) atoms. The van der Waals surface area contributed by atoms with Crippen LogP contribution in [0.4, 0.5) is 0 Å². The Morgan fingerprint density at radius 1 is 0.929 bits per heavy atom. The summed E-state index contributed by atoms with van der Waals surface area (Å²) in [5, 5.41) is 2.51. The van der Waals surface area contributed by atoms with Gasteiger partial charge in [-0.1, -0.05) is 30.3 Å². The van der Waals surface area contributed by atoms with Gasteiger partial charge in [0.2, 0.25) is 0 Å². The number of piperidine rings is 1. The first-order chi connectivity index (χ1) is 13.7. The topological polar surface area (TPSA) is 24.9 Å². The van der Waals surface area contributed by atoms with Crippen LogP contribution in [-0.2, 0) is 4.74 Å². The smallest absolute Gasteiger partial charge is 0.120 e. The van der Waals surface area contributed by atoms with Gasteiger partial charge in [0.05, 0.1) is 12.2 Å². The second-order valence-corrected chi connectivity index (χ2v) is 8.62. The van der Waals surface area contributed by atoms with Gasteiger partial charge in [0.1, 0.15) is 12.4 Å². The van der Waals surface area contributed by atoms with Gasteiger partial charge in [-0.2, -0.15) is 0 Å². The van der Waals surface area contributed by atoms with E-state index in [1.165, 1.54) is 43.2 Å². The molecular formula is C24H34N2O2.